The van der Waals surface area contributed by atoms with Gasteiger partial charge in [0, 0.05) is 12.1 Å². The third-order valence-electron chi connectivity index (χ3n) is 2.17. The van der Waals surface area contributed by atoms with Gasteiger partial charge in [-0.3, -0.25) is 14.9 Å². The molecule has 0 fully saturated rings. The molecule has 1 N–H and O–H groups in total. The van der Waals surface area contributed by atoms with E-state index in [1.165, 1.54) is 6.07 Å². The molecular weight excluding hydrogens is 212 g/mol. The Balaban J connectivity index is 3.36. The van der Waals surface area contributed by atoms with Gasteiger partial charge in [-0.25, -0.2) is 0 Å². The van der Waals surface area contributed by atoms with Crippen LogP contribution >= 0.6 is 0 Å². The van der Waals surface area contributed by atoms with E-state index in [1.807, 2.05) is 0 Å². The zero-order chi connectivity index (χ0) is 12.3. The second-order valence-corrected chi connectivity index (χ2v) is 3.22. The fraction of sp³-hybridized carbons (Fsp3) is 0.200. The van der Waals surface area contributed by atoms with E-state index in [0.717, 1.165) is 6.07 Å². The largest absolute Gasteiger partial charge is 0.481 e. The van der Waals surface area contributed by atoms with Crippen molar-refractivity contribution in [2.24, 2.45) is 0 Å². The first-order valence-electron chi connectivity index (χ1n) is 4.35. The minimum absolute atomic E-state index is 0.130. The molecule has 0 bridgehead atoms. The van der Waals surface area contributed by atoms with Gasteiger partial charge in [0.25, 0.3) is 5.69 Å². The molecule has 6 heteroatoms. The molecule has 1 rings (SSSR count). The number of carbonyl (C=O) groups is 1. The molecular formula is C10H8N2O4. The second-order valence-electron chi connectivity index (χ2n) is 3.22. The van der Waals surface area contributed by atoms with E-state index in [2.05, 4.69) is 0 Å². The summed E-state index contributed by atoms with van der Waals surface area (Å²) < 4.78 is 0. The lowest BCUT2D eigenvalue weighted by Crippen LogP contribution is -2.04. The predicted molar refractivity (Wildman–Crippen MR) is 53.9 cm³/mol. The molecule has 0 saturated carbocycles. The molecule has 0 unspecified atom stereocenters. The fourth-order valence-electron chi connectivity index (χ4n) is 1.33. The van der Waals surface area contributed by atoms with Crippen LogP contribution in [0.25, 0.3) is 0 Å². The monoisotopic (exact) mass is 220 g/mol. The Hall–Kier alpha value is -2.42. The first-order valence-corrected chi connectivity index (χ1v) is 4.35. The van der Waals surface area contributed by atoms with Crippen molar-refractivity contribution < 1.29 is 14.8 Å². The molecule has 0 aromatic heterocycles. The van der Waals surface area contributed by atoms with Gasteiger partial charge in [0.15, 0.2) is 0 Å². The van der Waals surface area contributed by atoms with Crippen molar-refractivity contribution in [3.8, 4) is 6.07 Å². The second kappa shape index (κ2) is 4.40. The van der Waals surface area contributed by atoms with Gasteiger partial charge in [0.1, 0.15) is 0 Å². The summed E-state index contributed by atoms with van der Waals surface area (Å²) in [6.07, 6.45) is -0.331. The molecule has 0 spiro atoms. The smallest absolute Gasteiger partial charge is 0.307 e. The number of nitro groups is 1. The number of aliphatic carboxylic acids is 1. The maximum atomic E-state index is 10.6. The number of benzene rings is 1. The van der Waals surface area contributed by atoms with Crippen LogP contribution in [0.15, 0.2) is 12.1 Å². The van der Waals surface area contributed by atoms with Gasteiger partial charge < -0.3 is 5.11 Å². The molecule has 0 atom stereocenters. The summed E-state index contributed by atoms with van der Waals surface area (Å²) in [7, 11) is 0. The van der Waals surface area contributed by atoms with Crippen LogP contribution in [0.3, 0.4) is 0 Å². The van der Waals surface area contributed by atoms with Crippen LogP contribution in [-0.2, 0) is 11.2 Å². The molecule has 0 aliphatic rings. The van der Waals surface area contributed by atoms with Crippen LogP contribution in [0.5, 0.6) is 0 Å². The Morgan fingerprint density at radius 3 is 2.69 bits per heavy atom. The first kappa shape index (κ1) is 11.7. The molecule has 0 heterocycles. The third kappa shape index (κ3) is 2.33. The van der Waals surface area contributed by atoms with Crippen molar-refractivity contribution in [1.29, 1.82) is 5.26 Å². The van der Waals surface area contributed by atoms with Crippen molar-refractivity contribution in [2.45, 2.75) is 13.3 Å². The van der Waals surface area contributed by atoms with Crippen molar-refractivity contribution in [2.75, 3.05) is 0 Å². The molecule has 0 aliphatic carbocycles. The number of carboxylic acid groups (broad SMARTS) is 1. The van der Waals surface area contributed by atoms with Crippen molar-refractivity contribution in [1.82, 2.24) is 0 Å². The number of hydrogen-bond donors (Lipinski definition) is 1. The number of nitriles is 1. The molecule has 16 heavy (non-hydrogen) atoms. The summed E-state index contributed by atoms with van der Waals surface area (Å²) in [5.41, 5.74) is 0.623. The Morgan fingerprint density at radius 2 is 2.25 bits per heavy atom. The SMILES string of the molecule is Cc1c(C#N)cc([N+](=O)[O-])cc1CC(=O)O. The van der Waals surface area contributed by atoms with Gasteiger partial charge in [-0.1, -0.05) is 0 Å². The number of nitro benzene ring substituents is 1. The zero-order valence-corrected chi connectivity index (χ0v) is 8.43. The van der Waals surface area contributed by atoms with Crippen LogP contribution in [0.4, 0.5) is 5.69 Å². The Morgan fingerprint density at radius 1 is 1.62 bits per heavy atom. The van der Waals surface area contributed by atoms with Gasteiger partial charge in [0.2, 0.25) is 0 Å². The van der Waals surface area contributed by atoms with E-state index < -0.39 is 10.9 Å². The number of rotatable bonds is 3. The highest BCUT2D eigenvalue weighted by Crippen LogP contribution is 2.22. The van der Waals surface area contributed by atoms with Crippen molar-refractivity contribution >= 4 is 11.7 Å². The number of non-ortho nitro benzene ring substituents is 1. The maximum Gasteiger partial charge on any atom is 0.307 e. The van der Waals surface area contributed by atoms with Gasteiger partial charge in [-0.15, -0.1) is 0 Å². The quantitative estimate of drug-likeness (QED) is 0.612. The molecule has 0 aliphatic heterocycles. The summed E-state index contributed by atoms with van der Waals surface area (Å²) >= 11 is 0. The standard InChI is InChI=1S/C10H8N2O4/c1-6-7(4-10(13)14)2-9(12(15)16)3-8(6)5-11/h2-3H,4H2,1H3,(H,13,14). The molecule has 0 saturated heterocycles. The molecule has 82 valence electrons. The number of carboxylic acids is 1. The summed E-state index contributed by atoms with van der Waals surface area (Å²) in [6.45, 7) is 1.57. The number of nitrogens with zero attached hydrogens (tertiary/aromatic N) is 2. The summed E-state index contributed by atoms with van der Waals surface area (Å²) in [6, 6.07) is 4.13. The van der Waals surface area contributed by atoms with Gasteiger partial charge >= 0.3 is 5.97 Å². The molecule has 6 nitrogen and oxygen atoms in total. The Bertz CT molecular complexity index is 502. The summed E-state index contributed by atoms with van der Waals surface area (Å²) in [5, 5.41) is 28.0. The normalized spacial score (nSPS) is 9.50. The number of hydrogen-bond acceptors (Lipinski definition) is 4. The zero-order valence-electron chi connectivity index (χ0n) is 8.43. The lowest BCUT2D eigenvalue weighted by atomic mass is 10.00. The summed E-state index contributed by atoms with van der Waals surface area (Å²) in [4.78, 5) is 20.5. The average molecular weight is 220 g/mol. The molecule has 0 amide bonds. The predicted octanol–water partition coefficient (Wildman–Crippen LogP) is 1.40. The minimum atomic E-state index is -1.09. The molecule has 0 radical (unpaired) electrons. The first-order chi connectivity index (χ1) is 7.45. The highest BCUT2D eigenvalue weighted by Gasteiger charge is 2.15. The van der Waals surface area contributed by atoms with E-state index in [9.17, 15) is 14.9 Å². The van der Waals surface area contributed by atoms with Crippen molar-refractivity contribution in [3.63, 3.8) is 0 Å². The van der Waals surface area contributed by atoms with Crippen LogP contribution in [0.1, 0.15) is 16.7 Å². The highest BCUT2D eigenvalue weighted by molar-refractivity contribution is 5.72. The third-order valence-corrected chi connectivity index (χ3v) is 2.17. The van der Waals surface area contributed by atoms with Crippen LogP contribution < -0.4 is 0 Å². The maximum absolute atomic E-state index is 10.6. The van der Waals surface area contributed by atoms with E-state index in [0.29, 0.717) is 11.1 Å². The van der Waals surface area contributed by atoms with Gasteiger partial charge in [0.05, 0.1) is 23.0 Å². The van der Waals surface area contributed by atoms with Crippen LogP contribution in [0, 0.1) is 28.4 Å². The van der Waals surface area contributed by atoms with E-state index >= 15 is 0 Å². The fourth-order valence-corrected chi connectivity index (χ4v) is 1.33. The Labute approximate surface area is 90.9 Å². The highest BCUT2D eigenvalue weighted by atomic mass is 16.6. The molecule has 1 aromatic rings. The van der Waals surface area contributed by atoms with Crippen molar-refractivity contribution in [3.05, 3.63) is 38.9 Å². The van der Waals surface area contributed by atoms with E-state index in [1.54, 1.807) is 13.0 Å². The van der Waals surface area contributed by atoms with Crippen LogP contribution in [-0.4, -0.2) is 16.0 Å². The van der Waals surface area contributed by atoms with Gasteiger partial charge in [-0.05, 0) is 18.1 Å². The lowest BCUT2D eigenvalue weighted by Gasteiger charge is -2.04. The molecule has 1 aromatic carbocycles. The lowest BCUT2D eigenvalue weighted by molar-refractivity contribution is -0.384. The van der Waals surface area contributed by atoms with E-state index in [-0.39, 0.29) is 17.7 Å². The topological polar surface area (TPSA) is 104 Å². The average Bonchev–Trinajstić information content (AvgIpc) is 2.20. The summed E-state index contributed by atoms with van der Waals surface area (Å²) in [5.74, 6) is -1.09. The Kier molecular flexibility index (Phi) is 3.20. The van der Waals surface area contributed by atoms with E-state index in [4.69, 9.17) is 10.4 Å². The van der Waals surface area contributed by atoms with Gasteiger partial charge in [-0.2, -0.15) is 5.26 Å². The minimum Gasteiger partial charge on any atom is -0.481 e. The van der Waals surface area contributed by atoms with Crippen LogP contribution in [0.2, 0.25) is 0 Å².